The molecule has 2 aromatic heterocycles. The van der Waals surface area contributed by atoms with Gasteiger partial charge in [0.15, 0.2) is 5.76 Å². The summed E-state index contributed by atoms with van der Waals surface area (Å²) in [7, 11) is 0. The molecule has 0 bridgehead atoms. The summed E-state index contributed by atoms with van der Waals surface area (Å²) in [5.41, 5.74) is 6.32. The number of hydrogen-bond donors (Lipinski definition) is 2. The minimum atomic E-state index is -0.440. The van der Waals surface area contributed by atoms with Crippen molar-refractivity contribution < 1.29 is 14.0 Å². The van der Waals surface area contributed by atoms with E-state index in [4.69, 9.17) is 4.42 Å². The Balaban J connectivity index is 1.39. The smallest absolute Gasteiger partial charge is 0.305 e. The Morgan fingerprint density at radius 1 is 1.04 bits per heavy atom. The number of rotatable bonds is 7. The molecule has 2 amide bonds. The average molecular weight is 370 g/mol. The van der Waals surface area contributed by atoms with Gasteiger partial charge in [0.1, 0.15) is 5.58 Å². The summed E-state index contributed by atoms with van der Waals surface area (Å²) < 4.78 is 5.58. The van der Waals surface area contributed by atoms with Gasteiger partial charge < -0.3 is 4.42 Å². The molecule has 0 unspecified atom stereocenters. The molecule has 0 saturated carbocycles. The van der Waals surface area contributed by atoms with Crippen LogP contribution in [0.4, 0.5) is 0 Å². The number of para-hydroxylation sites is 1. The number of nitrogens with one attached hydrogen (secondary N) is 2. The van der Waals surface area contributed by atoms with Crippen LogP contribution in [0, 0.1) is 6.92 Å². The first kappa shape index (κ1) is 18.2. The summed E-state index contributed by atoms with van der Waals surface area (Å²) >= 11 is 1.76. The van der Waals surface area contributed by atoms with Crippen LogP contribution in [0.25, 0.3) is 11.0 Å². The number of carbonyl (C=O) groups is 2. The van der Waals surface area contributed by atoms with Crippen LogP contribution in [0.3, 0.4) is 0 Å². The van der Waals surface area contributed by atoms with Gasteiger partial charge in [0.2, 0.25) is 5.91 Å². The van der Waals surface area contributed by atoms with Crippen LogP contribution in [0.1, 0.15) is 46.7 Å². The molecule has 0 saturated heterocycles. The molecular weight excluding hydrogens is 348 g/mol. The first-order valence-corrected chi connectivity index (χ1v) is 9.63. The highest BCUT2D eigenvalue weighted by Gasteiger charge is 2.17. The van der Waals surface area contributed by atoms with E-state index in [1.165, 1.54) is 4.88 Å². The van der Waals surface area contributed by atoms with Gasteiger partial charge in [-0.05, 0) is 43.7 Å². The van der Waals surface area contributed by atoms with Crippen molar-refractivity contribution in [3.05, 3.63) is 58.0 Å². The number of thiophene rings is 1. The lowest BCUT2D eigenvalue weighted by molar-refractivity contribution is -0.122. The zero-order valence-corrected chi connectivity index (χ0v) is 15.5. The highest BCUT2D eigenvalue weighted by molar-refractivity contribution is 7.09. The topological polar surface area (TPSA) is 71.3 Å². The molecule has 0 spiro atoms. The minimum Gasteiger partial charge on any atom is -0.451 e. The summed E-state index contributed by atoms with van der Waals surface area (Å²) in [6.07, 6.45) is 4.31. The molecule has 26 heavy (non-hydrogen) atoms. The largest absolute Gasteiger partial charge is 0.451 e. The van der Waals surface area contributed by atoms with Crippen LogP contribution < -0.4 is 10.9 Å². The monoisotopic (exact) mass is 370 g/mol. The van der Waals surface area contributed by atoms with E-state index in [1.54, 1.807) is 11.3 Å². The van der Waals surface area contributed by atoms with Gasteiger partial charge >= 0.3 is 5.91 Å². The van der Waals surface area contributed by atoms with E-state index >= 15 is 0 Å². The minimum absolute atomic E-state index is 0.191. The van der Waals surface area contributed by atoms with Crippen LogP contribution in [0.5, 0.6) is 0 Å². The standard InChI is InChI=1S/C20H22N2O3S/c1-14-16-10-5-6-11-17(16)25-19(14)20(24)22-21-18(23)12-4-2-3-8-15-9-7-13-26-15/h5-7,9-11,13H,2-4,8,12H2,1H3,(H,21,23)(H,22,24). The van der Waals surface area contributed by atoms with Crippen molar-refractivity contribution in [2.45, 2.75) is 39.0 Å². The molecule has 0 aliphatic carbocycles. The van der Waals surface area contributed by atoms with Gasteiger partial charge in [0.05, 0.1) is 0 Å². The molecule has 3 rings (SSSR count). The summed E-state index contributed by atoms with van der Waals surface area (Å²) in [4.78, 5) is 25.5. The highest BCUT2D eigenvalue weighted by atomic mass is 32.1. The molecule has 5 nitrogen and oxygen atoms in total. The highest BCUT2D eigenvalue weighted by Crippen LogP contribution is 2.24. The molecule has 2 heterocycles. The summed E-state index contributed by atoms with van der Waals surface area (Å²) in [5, 5.41) is 2.98. The molecule has 136 valence electrons. The Bertz CT molecular complexity index is 884. The molecule has 0 fully saturated rings. The number of hydrogen-bond acceptors (Lipinski definition) is 4. The third kappa shape index (κ3) is 4.52. The molecule has 2 N–H and O–H groups in total. The zero-order chi connectivity index (χ0) is 18.4. The van der Waals surface area contributed by atoms with Gasteiger partial charge in [-0.15, -0.1) is 11.3 Å². The van der Waals surface area contributed by atoms with Gasteiger partial charge in [0.25, 0.3) is 0 Å². The number of carbonyl (C=O) groups excluding carboxylic acids is 2. The van der Waals surface area contributed by atoms with Gasteiger partial charge in [-0.25, -0.2) is 0 Å². The van der Waals surface area contributed by atoms with E-state index in [0.717, 1.165) is 36.6 Å². The molecular formula is C20H22N2O3S. The maximum atomic E-state index is 12.2. The zero-order valence-electron chi connectivity index (χ0n) is 14.7. The predicted octanol–water partition coefficient (Wildman–Crippen LogP) is 4.37. The second-order valence-corrected chi connectivity index (χ2v) is 7.23. The van der Waals surface area contributed by atoms with Crippen molar-refractivity contribution >= 4 is 34.1 Å². The number of benzene rings is 1. The van der Waals surface area contributed by atoms with Gasteiger partial charge in [-0.1, -0.05) is 30.7 Å². The fraction of sp³-hybridized carbons (Fsp3) is 0.300. The average Bonchev–Trinajstić information content (AvgIpc) is 3.28. The first-order valence-electron chi connectivity index (χ1n) is 8.75. The number of aryl methyl sites for hydroxylation is 2. The molecule has 0 aliphatic heterocycles. The quantitative estimate of drug-likeness (QED) is 0.479. The maximum absolute atomic E-state index is 12.2. The van der Waals surface area contributed by atoms with E-state index in [-0.39, 0.29) is 11.7 Å². The SMILES string of the molecule is Cc1c(C(=O)NNC(=O)CCCCCc2cccs2)oc2ccccc12. The third-order valence-corrected chi connectivity index (χ3v) is 5.21. The number of fused-ring (bicyclic) bond motifs is 1. The van der Waals surface area contributed by atoms with Crippen LogP contribution in [0.15, 0.2) is 46.2 Å². The second-order valence-electron chi connectivity index (χ2n) is 6.19. The molecule has 0 aliphatic rings. The van der Waals surface area contributed by atoms with Crippen molar-refractivity contribution in [2.24, 2.45) is 0 Å². The Morgan fingerprint density at radius 2 is 1.88 bits per heavy atom. The third-order valence-electron chi connectivity index (χ3n) is 4.27. The van der Waals surface area contributed by atoms with Gasteiger partial charge in [0, 0.05) is 22.2 Å². The van der Waals surface area contributed by atoms with E-state index in [2.05, 4.69) is 28.4 Å². The molecule has 1 aromatic carbocycles. The van der Waals surface area contributed by atoms with Crippen LogP contribution in [-0.2, 0) is 11.2 Å². The maximum Gasteiger partial charge on any atom is 0.305 e. The van der Waals surface area contributed by atoms with E-state index in [9.17, 15) is 9.59 Å². The lowest BCUT2D eigenvalue weighted by Crippen LogP contribution is -2.41. The summed E-state index contributed by atoms with van der Waals surface area (Å²) in [6, 6.07) is 11.7. The second kappa shape index (κ2) is 8.67. The lowest BCUT2D eigenvalue weighted by Gasteiger charge is -2.06. The van der Waals surface area contributed by atoms with Crippen molar-refractivity contribution in [3.8, 4) is 0 Å². The number of amides is 2. The normalized spacial score (nSPS) is 10.8. The Kier molecular flexibility index (Phi) is 6.07. The summed E-state index contributed by atoms with van der Waals surface area (Å²) in [5.74, 6) is -0.407. The Hall–Kier alpha value is -2.60. The number of hydrazine groups is 1. The summed E-state index contributed by atoms with van der Waals surface area (Å²) in [6.45, 7) is 1.83. The van der Waals surface area contributed by atoms with E-state index < -0.39 is 5.91 Å². The number of furan rings is 1. The van der Waals surface area contributed by atoms with Gasteiger partial charge in [-0.3, -0.25) is 20.4 Å². The Labute approximate surface area is 156 Å². The lowest BCUT2D eigenvalue weighted by atomic mass is 10.1. The van der Waals surface area contributed by atoms with Crippen molar-refractivity contribution in [1.82, 2.24) is 10.9 Å². The number of unbranched alkanes of at least 4 members (excludes halogenated alkanes) is 2. The van der Waals surface area contributed by atoms with Crippen molar-refractivity contribution in [2.75, 3.05) is 0 Å². The van der Waals surface area contributed by atoms with Crippen LogP contribution in [-0.4, -0.2) is 11.8 Å². The van der Waals surface area contributed by atoms with Crippen molar-refractivity contribution in [3.63, 3.8) is 0 Å². The van der Waals surface area contributed by atoms with Gasteiger partial charge in [-0.2, -0.15) is 0 Å². The fourth-order valence-corrected chi connectivity index (χ4v) is 3.60. The van der Waals surface area contributed by atoms with E-state index in [0.29, 0.717) is 12.0 Å². The van der Waals surface area contributed by atoms with Crippen LogP contribution >= 0.6 is 11.3 Å². The molecule has 6 heteroatoms. The Morgan fingerprint density at radius 3 is 2.65 bits per heavy atom. The molecule has 0 radical (unpaired) electrons. The fourth-order valence-electron chi connectivity index (χ4n) is 2.85. The predicted molar refractivity (Wildman–Crippen MR) is 103 cm³/mol. The first-order chi connectivity index (χ1) is 12.6. The molecule has 3 aromatic rings. The van der Waals surface area contributed by atoms with Crippen molar-refractivity contribution in [1.29, 1.82) is 0 Å². The van der Waals surface area contributed by atoms with Crippen LogP contribution in [0.2, 0.25) is 0 Å². The van der Waals surface area contributed by atoms with E-state index in [1.807, 2.05) is 31.2 Å². The molecule has 0 atom stereocenters.